The van der Waals surface area contributed by atoms with E-state index in [4.69, 9.17) is 4.98 Å². The zero-order valence-corrected chi connectivity index (χ0v) is 17.9. The van der Waals surface area contributed by atoms with Crippen molar-refractivity contribution in [2.45, 2.75) is 25.1 Å². The van der Waals surface area contributed by atoms with Gasteiger partial charge in [0.05, 0.1) is 16.8 Å². The molecule has 7 heteroatoms. The van der Waals surface area contributed by atoms with Gasteiger partial charge in [-0.05, 0) is 43.4 Å². The highest BCUT2D eigenvalue weighted by Gasteiger charge is 2.28. The second-order valence-corrected chi connectivity index (χ2v) is 8.41. The number of piperidine rings is 1. The average molecular weight is 423 g/mol. The Morgan fingerprint density at radius 3 is 2.50 bits per heavy atom. The summed E-state index contributed by atoms with van der Waals surface area (Å²) in [7, 11) is 0. The molecule has 30 heavy (non-hydrogen) atoms. The van der Waals surface area contributed by atoms with Crippen LogP contribution in [0.1, 0.15) is 18.7 Å². The first kappa shape index (κ1) is 20.5. The van der Waals surface area contributed by atoms with Gasteiger partial charge < -0.3 is 14.8 Å². The third-order valence-corrected chi connectivity index (χ3v) is 6.11. The van der Waals surface area contributed by atoms with Gasteiger partial charge >= 0.3 is 0 Å². The Kier molecular flexibility index (Phi) is 6.38. The smallest absolute Gasteiger partial charge is 0.242 e. The Morgan fingerprint density at radius 1 is 1.07 bits per heavy atom. The Balaban J connectivity index is 1.37. The van der Waals surface area contributed by atoms with E-state index in [0.717, 1.165) is 28.3 Å². The van der Waals surface area contributed by atoms with Crippen LogP contribution in [0.25, 0.3) is 11.0 Å². The number of aromatic nitrogens is 2. The molecule has 2 aromatic carbocycles. The fourth-order valence-electron chi connectivity index (χ4n) is 3.93. The van der Waals surface area contributed by atoms with Crippen LogP contribution in [-0.2, 0) is 21.9 Å². The number of fused-ring (bicyclic) bond motifs is 1. The number of anilines is 1. The summed E-state index contributed by atoms with van der Waals surface area (Å²) in [5.41, 5.74) is 2.73. The first-order chi connectivity index (χ1) is 14.7. The minimum atomic E-state index is -0.0598. The number of carbonyl (C=O) groups is 2. The third-order valence-electron chi connectivity index (χ3n) is 5.56. The molecular formula is C23H26N4O2S. The van der Waals surface area contributed by atoms with Crippen LogP contribution in [0, 0.1) is 5.92 Å². The van der Waals surface area contributed by atoms with E-state index >= 15 is 0 Å². The first-order valence-corrected chi connectivity index (χ1v) is 11.6. The largest absolute Gasteiger partial charge is 0.341 e. The quantitative estimate of drug-likeness (QED) is 0.657. The molecule has 1 saturated heterocycles. The molecule has 1 aliphatic rings. The molecule has 6 nitrogen and oxygen atoms in total. The van der Waals surface area contributed by atoms with E-state index < -0.39 is 0 Å². The van der Waals surface area contributed by atoms with Crippen LogP contribution >= 0.6 is 11.8 Å². The second kappa shape index (κ2) is 9.34. The number of hydrogen-bond acceptors (Lipinski definition) is 4. The van der Waals surface area contributed by atoms with Gasteiger partial charge in [-0.1, -0.05) is 30.3 Å². The molecule has 2 heterocycles. The van der Waals surface area contributed by atoms with Crippen molar-refractivity contribution in [3.05, 3.63) is 60.4 Å². The molecular weight excluding hydrogens is 396 g/mol. The maximum atomic E-state index is 13.0. The van der Waals surface area contributed by atoms with Gasteiger partial charge in [-0.15, -0.1) is 0 Å². The molecule has 0 unspecified atom stereocenters. The highest BCUT2D eigenvalue weighted by Crippen LogP contribution is 2.22. The topological polar surface area (TPSA) is 67.2 Å². The van der Waals surface area contributed by atoms with Crippen molar-refractivity contribution in [3.63, 3.8) is 0 Å². The summed E-state index contributed by atoms with van der Waals surface area (Å²) in [4.78, 5) is 32.1. The summed E-state index contributed by atoms with van der Waals surface area (Å²) in [5.74, 6) is 1.76. The van der Waals surface area contributed by atoms with Gasteiger partial charge in [0.25, 0.3) is 0 Å². The Labute approximate surface area is 180 Å². The summed E-state index contributed by atoms with van der Waals surface area (Å²) in [5, 5.41) is 2.98. The van der Waals surface area contributed by atoms with Crippen molar-refractivity contribution in [2.24, 2.45) is 5.92 Å². The summed E-state index contributed by atoms with van der Waals surface area (Å²) in [6, 6.07) is 17.4. The predicted molar refractivity (Wildman–Crippen MR) is 121 cm³/mol. The van der Waals surface area contributed by atoms with Gasteiger partial charge in [-0.3, -0.25) is 9.59 Å². The van der Waals surface area contributed by atoms with Crippen molar-refractivity contribution in [1.82, 2.24) is 14.5 Å². The van der Waals surface area contributed by atoms with Crippen molar-refractivity contribution in [1.29, 1.82) is 0 Å². The van der Waals surface area contributed by atoms with Crippen LogP contribution in [0.3, 0.4) is 0 Å². The lowest BCUT2D eigenvalue weighted by atomic mass is 9.95. The number of imidazole rings is 1. The molecule has 1 aromatic heterocycles. The molecule has 1 fully saturated rings. The van der Waals surface area contributed by atoms with Crippen LogP contribution < -0.4 is 5.32 Å². The Hall–Kier alpha value is -2.80. The summed E-state index contributed by atoms with van der Waals surface area (Å²) >= 11 is 1.70. The fraction of sp³-hybridized carbons (Fsp3) is 0.348. The van der Waals surface area contributed by atoms with Crippen LogP contribution in [0.15, 0.2) is 54.6 Å². The molecule has 4 rings (SSSR count). The van der Waals surface area contributed by atoms with Gasteiger partial charge in [-0.25, -0.2) is 4.98 Å². The standard InChI is InChI=1S/C23H26N4O2S/c1-30-16-21-25-19-9-5-6-10-20(19)27(21)15-22(28)26-13-11-17(12-14-26)23(29)24-18-7-3-2-4-8-18/h2-10,17H,11-16H2,1H3,(H,24,29). The van der Waals surface area contributed by atoms with Crippen molar-refractivity contribution in [3.8, 4) is 0 Å². The molecule has 156 valence electrons. The van der Waals surface area contributed by atoms with Gasteiger partial charge in [0, 0.05) is 24.7 Å². The number of likely N-dealkylation sites (tertiary alicyclic amines) is 1. The highest BCUT2D eigenvalue weighted by atomic mass is 32.2. The average Bonchev–Trinajstić information content (AvgIpc) is 3.12. The summed E-state index contributed by atoms with van der Waals surface area (Å²) in [6.07, 6.45) is 3.41. The number of nitrogens with one attached hydrogen (secondary N) is 1. The zero-order valence-electron chi connectivity index (χ0n) is 17.1. The maximum Gasteiger partial charge on any atom is 0.242 e. The van der Waals surface area contributed by atoms with Crippen LogP contribution in [0.5, 0.6) is 0 Å². The predicted octanol–water partition coefficient (Wildman–Crippen LogP) is 3.78. The fourth-order valence-corrected chi connectivity index (χ4v) is 4.41. The van der Waals surface area contributed by atoms with Gasteiger partial charge in [0.1, 0.15) is 12.4 Å². The third kappa shape index (κ3) is 4.51. The molecule has 2 amide bonds. The zero-order chi connectivity index (χ0) is 20.9. The molecule has 1 N–H and O–H groups in total. The monoisotopic (exact) mass is 422 g/mol. The molecule has 0 spiro atoms. The first-order valence-electron chi connectivity index (χ1n) is 10.2. The lowest BCUT2D eigenvalue weighted by Gasteiger charge is -2.31. The molecule has 0 saturated carbocycles. The minimum Gasteiger partial charge on any atom is -0.341 e. The van der Waals surface area contributed by atoms with E-state index in [1.807, 2.05) is 70.3 Å². The number of hydrogen-bond donors (Lipinski definition) is 1. The van der Waals surface area contributed by atoms with E-state index in [2.05, 4.69) is 5.32 Å². The molecule has 0 aliphatic carbocycles. The van der Waals surface area contributed by atoms with Gasteiger partial charge in [0.15, 0.2) is 0 Å². The second-order valence-electron chi connectivity index (χ2n) is 7.55. The van der Waals surface area contributed by atoms with Crippen LogP contribution in [-0.4, -0.2) is 45.6 Å². The summed E-state index contributed by atoms with van der Waals surface area (Å²) < 4.78 is 2.03. The van der Waals surface area contributed by atoms with Crippen LogP contribution in [0.4, 0.5) is 5.69 Å². The maximum absolute atomic E-state index is 13.0. The Morgan fingerprint density at radius 2 is 1.77 bits per heavy atom. The lowest BCUT2D eigenvalue weighted by Crippen LogP contribution is -2.42. The molecule has 0 bridgehead atoms. The van der Waals surface area contributed by atoms with E-state index in [1.54, 1.807) is 11.8 Å². The number of nitrogens with zero attached hydrogens (tertiary/aromatic N) is 3. The minimum absolute atomic E-state index is 0.0381. The molecule has 1 aliphatic heterocycles. The van der Waals surface area contributed by atoms with E-state index in [9.17, 15) is 9.59 Å². The van der Waals surface area contributed by atoms with Crippen LogP contribution in [0.2, 0.25) is 0 Å². The number of thioether (sulfide) groups is 1. The van der Waals surface area contributed by atoms with E-state index in [0.29, 0.717) is 25.9 Å². The SMILES string of the molecule is CSCc1nc2ccccc2n1CC(=O)N1CCC(C(=O)Nc2ccccc2)CC1. The van der Waals surface area contributed by atoms with Gasteiger partial charge in [0.2, 0.25) is 11.8 Å². The number of benzene rings is 2. The van der Waals surface area contributed by atoms with Crippen molar-refractivity contribution >= 4 is 40.3 Å². The molecule has 0 atom stereocenters. The summed E-state index contributed by atoms with van der Waals surface area (Å²) in [6.45, 7) is 1.50. The number of carbonyl (C=O) groups excluding carboxylic acids is 2. The van der Waals surface area contributed by atoms with E-state index in [1.165, 1.54) is 0 Å². The van der Waals surface area contributed by atoms with Crippen molar-refractivity contribution in [2.75, 3.05) is 24.7 Å². The van der Waals surface area contributed by atoms with Crippen molar-refractivity contribution < 1.29 is 9.59 Å². The molecule has 0 radical (unpaired) electrons. The Bertz CT molecular complexity index is 1030. The normalized spacial score (nSPS) is 14.8. The number of rotatable bonds is 6. The van der Waals surface area contributed by atoms with Gasteiger partial charge in [-0.2, -0.15) is 11.8 Å². The number of amides is 2. The van der Waals surface area contributed by atoms with E-state index in [-0.39, 0.29) is 24.3 Å². The highest BCUT2D eigenvalue weighted by molar-refractivity contribution is 7.97. The number of para-hydroxylation sites is 3. The molecule has 3 aromatic rings. The lowest BCUT2D eigenvalue weighted by molar-refractivity contribution is -0.135.